The molecule has 0 aliphatic heterocycles. The highest BCUT2D eigenvalue weighted by atomic mass is 16.5. The molecule has 0 saturated carbocycles. The van der Waals surface area contributed by atoms with E-state index < -0.39 is 18.0 Å². The summed E-state index contributed by atoms with van der Waals surface area (Å²) in [7, 11) is 0. The Balaban J connectivity index is 1.76. The van der Waals surface area contributed by atoms with Crippen LogP contribution in [0.25, 0.3) is 0 Å². The Morgan fingerprint density at radius 1 is 0.781 bits per heavy atom. The van der Waals surface area contributed by atoms with Crippen molar-refractivity contribution in [1.29, 1.82) is 0 Å². The second-order valence-corrected chi connectivity index (χ2v) is 7.38. The number of nitrogens with one attached hydrogen (secondary N) is 1. The molecule has 6 heteroatoms. The van der Waals surface area contributed by atoms with Crippen LogP contribution in [0.3, 0.4) is 0 Å². The van der Waals surface area contributed by atoms with Crippen LogP contribution < -0.4 is 5.32 Å². The fraction of sp³-hybridized carbons (Fsp3) is 0.154. The average Bonchev–Trinajstić information content (AvgIpc) is 2.79. The molecule has 0 heterocycles. The number of carbonyl (C=O) groups is 4. The van der Waals surface area contributed by atoms with E-state index in [1.165, 1.54) is 19.9 Å². The number of hydrogen-bond donors (Lipinski definition) is 1. The Bertz CT molecular complexity index is 1180. The molecule has 162 valence electrons. The number of para-hydroxylation sites is 1. The normalized spacial score (nSPS) is 11.3. The third kappa shape index (κ3) is 5.16. The standard InChI is InChI=1S/C26H23NO5/c1-16-12-14-19(15-13-16)24(29)21-9-4-5-10-22(21)26(31)32-18(3)25(30)27-23-11-7-6-8-20(23)17(2)28/h4-15,18H,1-3H3,(H,27,30). The first kappa shape index (κ1) is 22.6. The van der Waals surface area contributed by atoms with Gasteiger partial charge in [-0.05, 0) is 39.0 Å². The van der Waals surface area contributed by atoms with Crippen molar-refractivity contribution in [3.05, 3.63) is 101 Å². The minimum absolute atomic E-state index is 0.0712. The lowest BCUT2D eigenvalue weighted by atomic mass is 9.98. The number of benzene rings is 3. The van der Waals surface area contributed by atoms with Crippen LogP contribution in [0, 0.1) is 6.92 Å². The van der Waals surface area contributed by atoms with Crippen LogP contribution in [0.2, 0.25) is 0 Å². The molecule has 3 aromatic carbocycles. The van der Waals surface area contributed by atoms with Gasteiger partial charge in [-0.1, -0.05) is 60.2 Å². The van der Waals surface area contributed by atoms with Crippen LogP contribution in [-0.4, -0.2) is 29.5 Å². The lowest BCUT2D eigenvalue weighted by Crippen LogP contribution is -2.31. The van der Waals surface area contributed by atoms with E-state index in [2.05, 4.69) is 5.32 Å². The van der Waals surface area contributed by atoms with E-state index >= 15 is 0 Å². The first-order chi connectivity index (χ1) is 15.3. The summed E-state index contributed by atoms with van der Waals surface area (Å²) in [6.07, 6.45) is -1.15. The molecule has 0 bridgehead atoms. The van der Waals surface area contributed by atoms with Gasteiger partial charge in [0.15, 0.2) is 17.7 Å². The molecule has 0 saturated heterocycles. The number of carbonyl (C=O) groups excluding carboxylic acids is 4. The van der Waals surface area contributed by atoms with E-state index in [1.54, 1.807) is 54.6 Å². The van der Waals surface area contributed by atoms with Crippen LogP contribution in [0.5, 0.6) is 0 Å². The molecule has 1 unspecified atom stereocenters. The number of esters is 1. The van der Waals surface area contributed by atoms with Gasteiger partial charge in [0, 0.05) is 16.7 Å². The predicted octanol–water partition coefficient (Wildman–Crippen LogP) is 4.61. The Labute approximate surface area is 186 Å². The Kier molecular flexibility index (Phi) is 6.95. The van der Waals surface area contributed by atoms with Gasteiger partial charge >= 0.3 is 5.97 Å². The number of Topliss-reactive ketones (excluding diaryl/α,β-unsaturated/α-hetero) is 1. The summed E-state index contributed by atoms with van der Waals surface area (Å²) in [5.41, 5.74) is 2.41. The number of ketones is 2. The van der Waals surface area contributed by atoms with E-state index in [-0.39, 0.29) is 22.7 Å². The van der Waals surface area contributed by atoms with E-state index in [9.17, 15) is 19.2 Å². The molecular formula is C26H23NO5. The van der Waals surface area contributed by atoms with Gasteiger partial charge in [0.05, 0.1) is 11.3 Å². The van der Waals surface area contributed by atoms with Gasteiger partial charge in [0.25, 0.3) is 5.91 Å². The highest BCUT2D eigenvalue weighted by Crippen LogP contribution is 2.19. The van der Waals surface area contributed by atoms with Crippen molar-refractivity contribution in [2.24, 2.45) is 0 Å². The maximum Gasteiger partial charge on any atom is 0.339 e. The minimum atomic E-state index is -1.15. The van der Waals surface area contributed by atoms with Crippen LogP contribution in [-0.2, 0) is 9.53 Å². The van der Waals surface area contributed by atoms with Crippen molar-refractivity contribution in [3.63, 3.8) is 0 Å². The van der Waals surface area contributed by atoms with Crippen molar-refractivity contribution in [1.82, 2.24) is 0 Å². The Morgan fingerprint density at radius 2 is 1.34 bits per heavy atom. The minimum Gasteiger partial charge on any atom is -0.449 e. The molecule has 0 aliphatic carbocycles. The number of aryl methyl sites for hydroxylation is 1. The molecule has 0 fully saturated rings. The lowest BCUT2D eigenvalue weighted by molar-refractivity contribution is -0.123. The Hall–Kier alpha value is -4.06. The molecule has 0 aliphatic rings. The fourth-order valence-electron chi connectivity index (χ4n) is 3.13. The highest BCUT2D eigenvalue weighted by Gasteiger charge is 2.24. The third-order valence-electron chi connectivity index (χ3n) is 4.92. The number of hydrogen-bond acceptors (Lipinski definition) is 5. The maximum atomic E-state index is 12.9. The number of amides is 1. The lowest BCUT2D eigenvalue weighted by Gasteiger charge is -2.16. The van der Waals surface area contributed by atoms with E-state index in [1.807, 2.05) is 19.1 Å². The van der Waals surface area contributed by atoms with E-state index in [0.29, 0.717) is 16.8 Å². The van der Waals surface area contributed by atoms with Crippen molar-refractivity contribution < 1.29 is 23.9 Å². The second kappa shape index (κ2) is 9.83. The molecule has 1 atom stereocenters. The fourth-order valence-corrected chi connectivity index (χ4v) is 3.13. The smallest absolute Gasteiger partial charge is 0.339 e. The van der Waals surface area contributed by atoms with Crippen molar-refractivity contribution in [2.45, 2.75) is 26.9 Å². The molecule has 32 heavy (non-hydrogen) atoms. The molecule has 0 aromatic heterocycles. The largest absolute Gasteiger partial charge is 0.449 e. The first-order valence-electron chi connectivity index (χ1n) is 10.1. The highest BCUT2D eigenvalue weighted by molar-refractivity contribution is 6.14. The summed E-state index contributed by atoms with van der Waals surface area (Å²) in [5, 5.41) is 2.61. The average molecular weight is 429 g/mol. The summed E-state index contributed by atoms with van der Waals surface area (Å²) in [5.74, 6) is -1.89. The predicted molar refractivity (Wildman–Crippen MR) is 121 cm³/mol. The number of anilines is 1. The summed E-state index contributed by atoms with van der Waals surface area (Å²) in [6, 6.07) is 19.9. The molecule has 0 spiro atoms. The number of rotatable bonds is 7. The van der Waals surface area contributed by atoms with Crippen LogP contribution in [0.15, 0.2) is 72.8 Å². The summed E-state index contributed by atoms with van der Waals surface area (Å²) >= 11 is 0. The van der Waals surface area contributed by atoms with Gasteiger partial charge < -0.3 is 10.1 Å². The van der Waals surface area contributed by atoms with E-state index in [4.69, 9.17) is 4.74 Å². The van der Waals surface area contributed by atoms with Crippen LogP contribution in [0.1, 0.15) is 56.0 Å². The topological polar surface area (TPSA) is 89.5 Å². The Morgan fingerprint density at radius 3 is 1.97 bits per heavy atom. The molecule has 6 nitrogen and oxygen atoms in total. The summed E-state index contributed by atoms with van der Waals surface area (Å²) < 4.78 is 5.33. The molecule has 3 aromatic rings. The van der Waals surface area contributed by atoms with Gasteiger partial charge in [0.1, 0.15) is 0 Å². The zero-order valence-corrected chi connectivity index (χ0v) is 18.0. The van der Waals surface area contributed by atoms with Crippen LogP contribution >= 0.6 is 0 Å². The second-order valence-electron chi connectivity index (χ2n) is 7.38. The van der Waals surface area contributed by atoms with Gasteiger partial charge in [-0.2, -0.15) is 0 Å². The molecular weight excluding hydrogens is 406 g/mol. The third-order valence-corrected chi connectivity index (χ3v) is 4.92. The van der Waals surface area contributed by atoms with Crippen molar-refractivity contribution >= 4 is 29.1 Å². The molecule has 0 radical (unpaired) electrons. The van der Waals surface area contributed by atoms with Gasteiger partial charge in [-0.15, -0.1) is 0 Å². The zero-order chi connectivity index (χ0) is 23.3. The van der Waals surface area contributed by atoms with Crippen molar-refractivity contribution in [2.75, 3.05) is 5.32 Å². The quantitative estimate of drug-likeness (QED) is 0.437. The molecule has 1 amide bonds. The van der Waals surface area contributed by atoms with Crippen molar-refractivity contribution in [3.8, 4) is 0 Å². The zero-order valence-electron chi connectivity index (χ0n) is 18.0. The maximum absolute atomic E-state index is 12.9. The van der Waals surface area contributed by atoms with Gasteiger partial charge in [-0.25, -0.2) is 4.79 Å². The van der Waals surface area contributed by atoms with Gasteiger partial charge in [-0.3, -0.25) is 14.4 Å². The number of ether oxygens (including phenoxy) is 1. The van der Waals surface area contributed by atoms with Gasteiger partial charge in [0.2, 0.25) is 0 Å². The first-order valence-corrected chi connectivity index (χ1v) is 10.1. The van der Waals surface area contributed by atoms with Crippen LogP contribution in [0.4, 0.5) is 5.69 Å². The van der Waals surface area contributed by atoms with E-state index in [0.717, 1.165) is 5.56 Å². The summed E-state index contributed by atoms with van der Waals surface area (Å²) in [6.45, 7) is 4.74. The molecule has 1 N–H and O–H groups in total. The SMILES string of the molecule is CC(=O)c1ccccc1NC(=O)C(C)OC(=O)c1ccccc1C(=O)c1ccc(C)cc1. The summed E-state index contributed by atoms with van der Waals surface area (Å²) in [4.78, 5) is 50.0. The monoisotopic (exact) mass is 429 g/mol. The molecule has 3 rings (SSSR count).